The molecule has 2 heterocycles. The van der Waals surface area contributed by atoms with Gasteiger partial charge in [0.05, 0.1) is 5.69 Å². The smallest absolute Gasteiger partial charge is 0.147 e. The van der Waals surface area contributed by atoms with Crippen molar-refractivity contribution in [3.63, 3.8) is 0 Å². The summed E-state index contributed by atoms with van der Waals surface area (Å²) in [6.45, 7) is 6.39. The zero-order chi connectivity index (χ0) is 12.8. The number of aliphatic hydroxyl groups is 1. The highest BCUT2D eigenvalue weighted by atomic mass is 16.3. The molecule has 5 nitrogen and oxygen atoms in total. The average Bonchev–Trinajstić information content (AvgIpc) is 2.42. The monoisotopic (exact) mass is 250 g/mol. The van der Waals surface area contributed by atoms with Crippen molar-refractivity contribution in [3.05, 3.63) is 18.1 Å². The number of nitrogens with zero attached hydrogens (tertiary/aromatic N) is 3. The van der Waals surface area contributed by atoms with Gasteiger partial charge in [-0.2, -0.15) is 0 Å². The summed E-state index contributed by atoms with van der Waals surface area (Å²) < 4.78 is 0. The molecule has 0 amide bonds. The fourth-order valence-electron chi connectivity index (χ4n) is 2.31. The normalized spacial score (nSPS) is 17.9. The summed E-state index contributed by atoms with van der Waals surface area (Å²) >= 11 is 0. The third-order valence-corrected chi connectivity index (χ3v) is 3.57. The van der Waals surface area contributed by atoms with Crippen LogP contribution in [0, 0.1) is 12.8 Å². The Morgan fingerprint density at radius 3 is 2.72 bits per heavy atom. The molecule has 0 atom stereocenters. The average molecular weight is 250 g/mol. The first-order valence-electron chi connectivity index (χ1n) is 6.64. The first-order chi connectivity index (χ1) is 8.79. The van der Waals surface area contributed by atoms with E-state index in [1.807, 2.05) is 6.92 Å². The van der Waals surface area contributed by atoms with Gasteiger partial charge in [0.25, 0.3) is 0 Å². The second kappa shape index (κ2) is 6.66. The molecule has 2 rings (SSSR count). The minimum absolute atomic E-state index is 0.338. The molecule has 0 aliphatic carbocycles. The Bertz CT molecular complexity index is 364. The number of nitrogens with one attached hydrogen (secondary N) is 1. The molecule has 0 unspecified atom stereocenters. The Balaban J connectivity index is 1.69. The lowest BCUT2D eigenvalue weighted by Crippen LogP contribution is -2.37. The molecule has 0 spiro atoms. The molecule has 0 radical (unpaired) electrons. The van der Waals surface area contributed by atoms with Crippen molar-refractivity contribution in [3.8, 4) is 0 Å². The molecule has 18 heavy (non-hydrogen) atoms. The highest BCUT2D eigenvalue weighted by molar-refractivity contribution is 5.38. The third kappa shape index (κ3) is 3.65. The van der Waals surface area contributed by atoms with Gasteiger partial charge >= 0.3 is 0 Å². The lowest BCUT2D eigenvalue weighted by molar-refractivity contribution is 0.134. The van der Waals surface area contributed by atoms with Crippen LogP contribution in [0.5, 0.6) is 0 Å². The van der Waals surface area contributed by atoms with Crippen LogP contribution in [-0.4, -0.2) is 52.8 Å². The van der Waals surface area contributed by atoms with E-state index >= 15 is 0 Å². The summed E-state index contributed by atoms with van der Waals surface area (Å²) in [7, 11) is 0. The summed E-state index contributed by atoms with van der Waals surface area (Å²) in [6.07, 6.45) is 5.64. The number of rotatable bonds is 5. The van der Waals surface area contributed by atoms with Crippen LogP contribution in [0.15, 0.2) is 12.4 Å². The summed E-state index contributed by atoms with van der Waals surface area (Å²) in [5.74, 6) is 1.39. The van der Waals surface area contributed by atoms with E-state index < -0.39 is 0 Å². The van der Waals surface area contributed by atoms with E-state index in [4.69, 9.17) is 5.11 Å². The van der Waals surface area contributed by atoms with Crippen LogP contribution < -0.4 is 5.32 Å². The Morgan fingerprint density at radius 1 is 1.33 bits per heavy atom. The van der Waals surface area contributed by atoms with Crippen LogP contribution in [0.2, 0.25) is 0 Å². The molecule has 2 N–H and O–H groups in total. The van der Waals surface area contributed by atoms with Gasteiger partial charge in [-0.05, 0) is 38.8 Å². The van der Waals surface area contributed by atoms with Crippen molar-refractivity contribution in [2.75, 3.05) is 38.1 Å². The van der Waals surface area contributed by atoms with Gasteiger partial charge in [0.15, 0.2) is 0 Å². The molecular weight excluding hydrogens is 228 g/mol. The van der Waals surface area contributed by atoms with Gasteiger partial charge in [-0.3, -0.25) is 4.98 Å². The zero-order valence-electron chi connectivity index (χ0n) is 11.0. The van der Waals surface area contributed by atoms with Gasteiger partial charge < -0.3 is 15.3 Å². The van der Waals surface area contributed by atoms with Crippen LogP contribution in [0.1, 0.15) is 18.5 Å². The molecule has 1 aromatic heterocycles. The van der Waals surface area contributed by atoms with E-state index in [-0.39, 0.29) is 0 Å². The fraction of sp³-hybridized carbons (Fsp3) is 0.692. The van der Waals surface area contributed by atoms with Gasteiger partial charge in [-0.1, -0.05) is 0 Å². The van der Waals surface area contributed by atoms with E-state index in [0.29, 0.717) is 12.5 Å². The van der Waals surface area contributed by atoms with Crippen LogP contribution in [0.3, 0.4) is 0 Å². The van der Waals surface area contributed by atoms with Crippen molar-refractivity contribution < 1.29 is 5.11 Å². The number of anilines is 1. The number of hydrogen-bond donors (Lipinski definition) is 2. The molecular formula is C13H22N4O. The van der Waals surface area contributed by atoms with Crippen molar-refractivity contribution >= 4 is 5.82 Å². The Morgan fingerprint density at radius 2 is 2.06 bits per heavy atom. The van der Waals surface area contributed by atoms with Gasteiger partial charge in [0.2, 0.25) is 0 Å². The summed E-state index contributed by atoms with van der Waals surface area (Å²) in [5.41, 5.74) is 0.941. The van der Waals surface area contributed by atoms with Crippen molar-refractivity contribution in [2.24, 2.45) is 5.92 Å². The quantitative estimate of drug-likeness (QED) is 0.813. The largest absolute Gasteiger partial charge is 0.396 e. The predicted molar refractivity (Wildman–Crippen MR) is 71.5 cm³/mol. The standard InChI is InChI=1S/C13H22N4O/c1-11-13(15-5-4-14-11)16-6-9-17-7-2-12(10-18)3-8-17/h4-5,12,18H,2-3,6-10H2,1H3,(H,15,16). The first-order valence-corrected chi connectivity index (χ1v) is 6.64. The van der Waals surface area contributed by atoms with E-state index in [9.17, 15) is 0 Å². The Labute approximate surface area is 108 Å². The molecule has 1 aliphatic heterocycles. The second-order valence-electron chi connectivity index (χ2n) is 4.88. The minimum atomic E-state index is 0.338. The number of hydrogen-bond acceptors (Lipinski definition) is 5. The third-order valence-electron chi connectivity index (χ3n) is 3.57. The molecule has 1 aliphatic rings. The van der Waals surface area contributed by atoms with E-state index in [1.54, 1.807) is 12.4 Å². The van der Waals surface area contributed by atoms with E-state index in [0.717, 1.165) is 50.5 Å². The molecule has 5 heteroatoms. The fourth-order valence-corrected chi connectivity index (χ4v) is 2.31. The summed E-state index contributed by atoms with van der Waals surface area (Å²) in [6, 6.07) is 0. The minimum Gasteiger partial charge on any atom is -0.396 e. The predicted octanol–water partition coefficient (Wildman–Crippen LogP) is 0.901. The van der Waals surface area contributed by atoms with Gasteiger partial charge in [-0.25, -0.2) is 4.98 Å². The maximum Gasteiger partial charge on any atom is 0.147 e. The molecule has 100 valence electrons. The van der Waals surface area contributed by atoms with Crippen LogP contribution in [0.4, 0.5) is 5.82 Å². The van der Waals surface area contributed by atoms with Crippen LogP contribution in [0.25, 0.3) is 0 Å². The maximum atomic E-state index is 9.09. The summed E-state index contributed by atoms with van der Waals surface area (Å²) in [4.78, 5) is 10.9. The van der Waals surface area contributed by atoms with Crippen LogP contribution in [-0.2, 0) is 0 Å². The highest BCUT2D eigenvalue weighted by Gasteiger charge is 2.17. The van der Waals surface area contributed by atoms with Crippen molar-refractivity contribution in [1.82, 2.24) is 14.9 Å². The van der Waals surface area contributed by atoms with Gasteiger partial charge in [0, 0.05) is 32.1 Å². The Hall–Kier alpha value is -1.20. The Kier molecular flexibility index (Phi) is 4.90. The van der Waals surface area contributed by atoms with Crippen molar-refractivity contribution in [1.29, 1.82) is 0 Å². The molecule has 0 bridgehead atoms. The number of aromatic nitrogens is 2. The lowest BCUT2D eigenvalue weighted by atomic mass is 9.98. The molecule has 1 saturated heterocycles. The highest BCUT2D eigenvalue weighted by Crippen LogP contribution is 2.15. The number of piperidine rings is 1. The summed E-state index contributed by atoms with van der Waals surface area (Å²) in [5, 5.41) is 12.4. The molecule has 1 fully saturated rings. The molecule has 1 aromatic rings. The van der Waals surface area contributed by atoms with Crippen LogP contribution >= 0.6 is 0 Å². The lowest BCUT2D eigenvalue weighted by Gasteiger charge is -2.31. The maximum absolute atomic E-state index is 9.09. The topological polar surface area (TPSA) is 61.3 Å². The van der Waals surface area contributed by atoms with Crippen molar-refractivity contribution in [2.45, 2.75) is 19.8 Å². The zero-order valence-corrected chi connectivity index (χ0v) is 11.0. The molecule has 0 saturated carbocycles. The molecule has 0 aromatic carbocycles. The first kappa shape index (κ1) is 13.2. The number of aliphatic hydroxyl groups excluding tert-OH is 1. The van der Waals surface area contributed by atoms with Gasteiger partial charge in [-0.15, -0.1) is 0 Å². The van der Waals surface area contributed by atoms with E-state index in [1.165, 1.54) is 0 Å². The number of likely N-dealkylation sites (tertiary alicyclic amines) is 1. The number of aryl methyl sites for hydroxylation is 1. The SMILES string of the molecule is Cc1nccnc1NCCN1CCC(CO)CC1. The van der Waals surface area contributed by atoms with E-state index in [2.05, 4.69) is 20.2 Å². The second-order valence-corrected chi connectivity index (χ2v) is 4.88. The van der Waals surface area contributed by atoms with Gasteiger partial charge in [0.1, 0.15) is 5.82 Å².